The Balaban J connectivity index is -0.000000405. The number of carbonyl (C=O) groups is 2. The quantitative estimate of drug-likeness (QED) is 0.337. The molecule has 7 nitrogen and oxygen atoms in total. The third kappa shape index (κ3) is 5.82. The molecule has 0 radical (unpaired) electrons. The average Bonchev–Trinajstić information content (AvgIpc) is 2.35. The van der Waals surface area contributed by atoms with Gasteiger partial charge in [0.15, 0.2) is 0 Å². The molecule has 0 spiro atoms. The van der Waals surface area contributed by atoms with Gasteiger partial charge in [0.05, 0.1) is 30.2 Å². The fourth-order valence-corrected chi connectivity index (χ4v) is 1.77. The Morgan fingerprint density at radius 1 is 1.00 bits per heavy atom. The standard InChI is InChI=1S/C10H10O7S.2Na.2H/c1-16-9(11)6-3-7(10(12)17-2)5-8(4-6)18(13,14)15;;;;/h3-5H,1-2H3,(H,13,14,15);;;;/q;2*+1;2*-1. The van der Waals surface area contributed by atoms with Gasteiger partial charge >= 0.3 is 71.1 Å². The summed E-state index contributed by atoms with van der Waals surface area (Å²) in [6.07, 6.45) is 0. The number of methoxy groups -OCH3 is 2. The Bertz CT molecular complexity index is 573. The summed E-state index contributed by atoms with van der Waals surface area (Å²) in [6, 6.07) is 2.90. The molecule has 0 saturated heterocycles. The fourth-order valence-electron chi connectivity index (χ4n) is 1.22. The van der Waals surface area contributed by atoms with Crippen molar-refractivity contribution in [2.75, 3.05) is 14.2 Å². The van der Waals surface area contributed by atoms with Crippen molar-refractivity contribution in [1.82, 2.24) is 0 Å². The van der Waals surface area contributed by atoms with Gasteiger partial charge in [0.1, 0.15) is 0 Å². The van der Waals surface area contributed by atoms with Gasteiger partial charge in [0.2, 0.25) is 0 Å². The van der Waals surface area contributed by atoms with Crippen LogP contribution in [-0.4, -0.2) is 39.1 Å². The van der Waals surface area contributed by atoms with Gasteiger partial charge in [0.25, 0.3) is 10.1 Å². The maximum atomic E-state index is 11.3. The van der Waals surface area contributed by atoms with Gasteiger partial charge in [0, 0.05) is 0 Å². The van der Waals surface area contributed by atoms with Gasteiger partial charge in [-0.25, -0.2) is 9.59 Å². The summed E-state index contributed by atoms with van der Waals surface area (Å²) in [4.78, 5) is 22.0. The number of benzene rings is 1. The average molecular weight is 322 g/mol. The van der Waals surface area contributed by atoms with Crippen LogP contribution in [0.25, 0.3) is 0 Å². The molecule has 0 atom stereocenters. The van der Waals surface area contributed by atoms with Gasteiger partial charge in [-0.3, -0.25) is 4.55 Å². The summed E-state index contributed by atoms with van der Waals surface area (Å²) in [7, 11) is -2.35. The first kappa shape index (κ1) is 22.4. The Kier molecular flexibility index (Phi) is 10.2. The van der Waals surface area contributed by atoms with Crippen molar-refractivity contribution < 1.29 is 94.0 Å². The number of rotatable bonds is 3. The summed E-state index contributed by atoms with van der Waals surface area (Å²) in [5, 5.41) is 0. The van der Waals surface area contributed by atoms with Crippen molar-refractivity contribution in [3.05, 3.63) is 29.3 Å². The normalized spacial score (nSPS) is 9.75. The van der Waals surface area contributed by atoms with Crippen LogP contribution in [-0.2, 0) is 19.6 Å². The smallest absolute Gasteiger partial charge is 1.00 e. The van der Waals surface area contributed by atoms with Crippen LogP contribution >= 0.6 is 0 Å². The molecule has 1 aromatic carbocycles. The summed E-state index contributed by atoms with van der Waals surface area (Å²) in [5.41, 5.74) is -0.374. The monoisotopic (exact) mass is 322 g/mol. The van der Waals surface area contributed by atoms with Gasteiger partial charge in [-0.2, -0.15) is 8.42 Å². The molecule has 0 aliphatic carbocycles. The Labute approximate surface area is 163 Å². The number of ether oxygens (including phenoxy) is 2. The zero-order valence-electron chi connectivity index (χ0n) is 13.5. The van der Waals surface area contributed by atoms with E-state index >= 15 is 0 Å². The van der Waals surface area contributed by atoms with Crippen LogP contribution in [0.5, 0.6) is 0 Å². The van der Waals surface area contributed by atoms with E-state index in [1.807, 2.05) is 0 Å². The molecule has 1 rings (SSSR count). The Morgan fingerprint density at radius 2 is 1.35 bits per heavy atom. The van der Waals surface area contributed by atoms with Crippen molar-refractivity contribution in [3.8, 4) is 0 Å². The van der Waals surface area contributed by atoms with Crippen molar-refractivity contribution in [3.63, 3.8) is 0 Å². The second kappa shape index (κ2) is 9.16. The molecular weight excluding hydrogens is 310 g/mol. The molecule has 0 amide bonds. The van der Waals surface area contributed by atoms with E-state index in [0.717, 1.165) is 32.4 Å². The van der Waals surface area contributed by atoms with Crippen LogP contribution in [0, 0.1) is 0 Å². The third-order valence-corrected chi connectivity index (χ3v) is 2.88. The van der Waals surface area contributed by atoms with Gasteiger partial charge in [-0.15, -0.1) is 0 Å². The molecule has 0 heterocycles. The zero-order valence-corrected chi connectivity index (χ0v) is 16.4. The summed E-state index contributed by atoms with van der Waals surface area (Å²) in [6.45, 7) is 0. The largest absolute Gasteiger partial charge is 1.00 e. The van der Waals surface area contributed by atoms with E-state index in [1.54, 1.807) is 0 Å². The first-order valence-electron chi connectivity index (χ1n) is 4.59. The molecule has 1 aromatic rings. The molecule has 20 heavy (non-hydrogen) atoms. The van der Waals surface area contributed by atoms with Crippen molar-refractivity contribution in [1.29, 1.82) is 0 Å². The van der Waals surface area contributed by atoms with Gasteiger partial charge in [-0.1, -0.05) is 0 Å². The number of hydrogen-bond donors (Lipinski definition) is 1. The molecule has 10 heteroatoms. The summed E-state index contributed by atoms with van der Waals surface area (Å²) in [5.74, 6) is -1.68. The molecule has 0 bridgehead atoms. The Hall–Kier alpha value is 0.0700. The molecule has 0 aliphatic heterocycles. The van der Waals surface area contributed by atoms with Crippen molar-refractivity contribution in [2.24, 2.45) is 0 Å². The van der Waals surface area contributed by atoms with E-state index in [-0.39, 0.29) is 73.1 Å². The zero-order chi connectivity index (χ0) is 13.9. The predicted molar refractivity (Wildman–Crippen MR) is 61.2 cm³/mol. The number of hydrogen-bond acceptors (Lipinski definition) is 6. The minimum absolute atomic E-state index is 0. The molecule has 0 aromatic heterocycles. The molecule has 102 valence electrons. The SMILES string of the molecule is COC(=O)c1cc(C(=O)OC)cc(S(=O)(=O)O)c1.[H-].[H-].[Na+].[Na+]. The van der Waals surface area contributed by atoms with E-state index in [4.69, 9.17) is 4.55 Å². The van der Waals surface area contributed by atoms with Crippen LogP contribution < -0.4 is 59.1 Å². The fraction of sp³-hybridized carbons (Fsp3) is 0.200. The first-order valence-corrected chi connectivity index (χ1v) is 6.03. The third-order valence-electron chi connectivity index (χ3n) is 2.05. The summed E-state index contributed by atoms with van der Waals surface area (Å²) < 4.78 is 39.7. The van der Waals surface area contributed by atoms with E-state index in [9.17, 15) is 18.0 Å². The predicted octanol–water partition coefficient (Wildman–Crippen LogP) is -5.26. The van der Waals surface area contributed by atoms with Crippen molar-refractivity contribution in [2.45, 2.75) is 4.90 Å². The molecule has 0 fully saturated rings. The molecular formula is C10H12Na2O7S. The molecule has 0 aliphatic rings. The van der Waals surface area contributed by atoms with Crippen molar-refractivity contribution >= 4 is 22.1 Å². The van der Waals surface area contributed by atoms with Crippen LogP contribution in [0.4, 0.5) is 0 Å². The van der Waals surface area contributed by atoms with Crippen LogP contribution in [0.2, 0.25) is 0 Å². The van der Waals surface area contributed by atoms with Crippen LogP contribution in [0.3, 0.4) is 0 Å². The molecule has 0 unspecified atom stereocenters. The van der Waals surface area contributed by atoms with Gasteiger partial charge in [-0.05, 0) is 18.2 Å². The minimum Gasteiger partial charge on any atom is -1.00 e. The maximum Gasteiger partial charge on any atom is 1.00 e. The molecule has 0 saturated carbocycles. The minimum atomic E-state index is -4.55. The second-order valence-corrected chi connectivity index (χ2v) is 4.63. The summed E-state index contributed by atoms with van der Waals surface area (Å²) >= 11 is 0. The van der Waals surface area contributed by atoms with Crippen LogP contribution in [0.15, 0.2) is 23.1 Å². The van der Waals surface area contributed by atoms with E-state index in [2.05, 4.69) is 9.47 Å². The van der Waals surface area contributed by atoms with E-state index in [0.29, 0.717) is 0 Å². The van der Waals surface area contributed by atoms with Gasteiger partial charge < -0.3 is 12.3 Å². The van der Waals surface area contributed by atoms with Crippen LogP contribution in [0.1, 0.15) is 23.6 Å². The van der Waals surface area contributed by atoms with E-state index < -0.39 is 27.0 Å². The van der Waals surface area contributed by atoms with E-state index in [1.165, 1.54) is 0 Å². The number of esters is 2. The first-order chi connectivity index (χ1) is 8.29. The number of carbonyl (C=O) groups excluding carboxylic acids is 2. The Morgan fingerprint density at radius 3 is 1.60 bits per heavy atom. The topological polar surface area (TPSA) is 107 Å². The molecule has 1 N–H and O–H groups in total. The maximum absolute atomic E-state index is 11.3. The second-order valence-electron chi connectivity index (χ2n) is 3.20.